The van der Waals surface area contributed by atoms with Crippen LogP contribution in [0.4, 0.5) is 4.39 Å². The van der Waals surface area contributed by atoms with E-state index in [4.69, 9.17) is 9.47 Å². The summed E-state index contributed by atoms with van der Waals surface area (Å²) in [6, 6.07) is 12.5. The van der Waals surface area contributed by atoms with Crippen LogP contribution in [0.15, 0.2) is 47.8 Å². The lowest BCUT2D eigenvalue weighted by atomic mass is 10.1. The molecule has 1 N–H and O–H groups in total. The van der Waals surface area contributed by atoms with Crippen molar-refractivity contribution in [2.45, 2.75) is 33.4 Å². The van der Waals surface area contributed by atoms with Crippen molar-refractivity contribution >= 4 is 17.2 Å². The van der Waals surface area contributed by atoms with Crippen molar-refractivity contribution in [1.29, 1.82) is 0 Å². The molecule has 0 fully saturated rings. The number of carbonyl (C=O) groups excluding carboxylic acids is 1. The SMILES string of the molecule is COc1ccc(CCN(Cc2ccc(F)cc2)Cc2nc(C(=O)NCC(C)C)cs2)cc1OC. The third kappa shape index (κ3) is 7.53. The van der Waals surface area contributed by atoms with Gasteiger partial charge in [-0.3, -0.25) is 9.69 Å². The van der Waals surface area contributed by atoms with Crippen molar-refractivity contribution < 1.29 is 18.7 Å². The molecule has 0 aliphatic heterocycles. The van der Waals surface area contributed by atoms with Gasteiger partial charge in [0.25, 0.3) is 5.91 Å². The number of methoxy groups -OCH3 is 2. The van der Waals surface area contributed by atoms with Gasteiger partial charge in [-0.25, -0.2) is 9.37 Å². The molecule has 34 heavy (non-hydrogen) atoms. The molecular weight excluding hydrogens is 453 g/mol. The number of aromatic nitrogens is 1. The molecule has 8 heteroatoms. The van der Waals surface area contributed by atoms with E-state index in [0.717, 1.165) is 29.1 Å². The molecule has 0 aliphatic rings. The summed E-state index contributed by atoms with van der Waals surface area (Å²) in [6.45, 7) is 6.71. The summed E-state index contributed by atoms with van der Waals surface area (Å²) in [5.74, 6) is 1.37. The van der Waals surface area contributed by atoms with Crippen LogP contribution >= 0.6 is 11.3 Å². The van der Waals surface area contributed by atoms with Crippen molar-refractivity contribution in [1.82, 2.24) is 15.2 Å². The van der Waals surface area contributed by atoms with Crippen LogP contribution in [-0.2, 0) is 19.5 Å². The highest BCUT2D eigenvalue weighted by Crippen LogP contribution is 2.28. The number of benzene rings is 2. The first-order chi connectivity index (χ1) is 16.4. The highest BCUT2D eigenvalue weighted by Gasteiger charge is 2.15. The lowest BCUT2D eigenvalue weighted by molar-refractivity contribution is 0.0944. The van der Waals surface area contributed by atoms with Gasteiger partial charge < -0.3 is 14.8 Å². The molecule has 3 aromatic rings. The molecule has 6 nitrogen and oxygen atoms in total. The van der Waals surface area contributed by atoms with E-state index in [9.17, 15) is 9.18 Å². The van der Waals surface area contributed by atoms with Gasteiger partial charge in [0, 0.05) is 25.0 Å². The van der Waals surface area contributed by atoms with E-state index in [1.807, 2.05) is 18.2 Å². The number of amides is 1. The normalized spacial score (nSPS) is 11.1. The maximum Gasteiger partial charge on any atom is 0.270 e. The number of rotatable bonds is 12. The third-order valence-electron chi connectivity index (χ3n) is 5.30. The molecule has 0 unspecified atom stereocenters. The molecule has 0 saturated carbocycles. The second kappa shape index (κ2) is 12.5. The minimum absolute atomic E-state index is 0.147. The van der Waals surface area contributed by atoms with Crippen LogP contribution in [0, 0.1) is 11.7 Å². The molecule has 0 aliphatic carbocycles. The molecule has 0 saturated heterocycles. The van der Waals surface area contributed by atoms with Crippen molar-refractivity contribution in [3.63, 3.8) is 0 Å². The number of ether oxygens (including phenoxy) is 2. The Kier molecular flexibility index (Phi) is 9.42. The van der Waals surface area contributed by atoms with Gasteiger partial charge in [-0.1, -0.05) is 32.0 Å². The van der Waals surface area contributed by atoms with E-state index in [1.54, 1.807) is 31.7 Å². The van der Waals surface area contributed by atoms with Crippen molar-refractivity contribution in [2.75, 3.05) is 27.3 Å². The second-order valence-electron chi connectivity index (χ2n) is 8.51. The summed E-state index contributed by atoms with van der Waals surface area (Å²) >= 11 is 1.48. The zero-order valence-corrected chi connectivity index (χ0v) is 21.0. The Balaban J connectivity index is 1.71. The molecule has 1 heterocycles. The molecule has 1 aromatic heterocycles. The maximum atomic E-state index is 13.4. The fourth-order valence-electron chi connectivity index (χ4n) is 3.45. The Morgan fingerprint density at radius 1 is 1.06 bits per heavy atom. The second-order valence-corrected chi connectivity index (χ2v) is 9.45. The average molecular weight is 486 g/mol. The fourth-order valence-corrected chi connectivity index (χ4v) is 4.27. The van der Waals surface area contributed by atoms with Gasteiger partial charge in [0.2, 0.25) is 0 Å². The predicted molar refractivity (Wildman–Crippen MR) is 133 cm³/mol. The van der Waals surface area contributed by atoms with Gasteiger partial charge in [0.05, 0.1) is 20.8 Å². The highest BCUT2D eigenvalue weighted by molar-refractivity contribution is 7.09. The Bertz CT molecular complexity index is 1070. The summed E-state index contributed by atoms with van der Waals surface area (Å²) in [4.78, 5) is 19.2. The largest absolute Gasteiger partial charge is 0.493 e. The molecule has 0 bridgehead atoms. The first kappa shape index (κ1) is 25.6. The van der Waals surface area contributed by atoms with Gasteiger partial charge in [0.1, 0.15) is 16.5 Å². The van der Waals surface area contributed by atoms with E-state index in [2.05, 4.69) is 29.0 Å². The molecule has 1 amide bonds. The van der Waals surface area contributed by atoms with Crippen LogP contribution < -0.4 is 14.8 Å². The monoisotopic (exact) mass is 485 g/mol. The van der Waals surface area contributed by atoms with E-state index in [0.29, 0.717) is 42.7 Å². The molecule has 182 valence electrons. The minimum Gasteiger partial charge on any atom is -0.493 e. The Morgan fingerprint density at radius 3 is 2.44 bits per heavy atom. The quantitative estimate of drug-likeness (QED) is 0.394. The Hall–Kier alpha value is -2.97. The molecule has 0 spiro atoms. The first-order valence-corrected chi connectivity index (χ1v) is 12.2. The number of nitrogens with zero attached hydrogens (tertiary/aromatic N) is 2. The third-order valence-corrected chi connectivity index (χ3v) is 6.13. The highest BCUT2D eigenvalue weighted by atomic mass is 32.1. The number of hydrogen-bond donors (Lipinski definition) is 1. The topological polar surface area (TPSA) is 63.7 Å². The Labute approximate surface area is 204 Å². The van der Waals surface area contributed by atoms with Gasteiger partial charge in [-0.2, -0.15) is 0 Å². The predicted octanol–water partition coefficient (Wildman–Crippen LogP) is 4.93. The van der Waals surface area contributed by atoms with Crippen LogP contribution in [0.3, 0.4) is 0 Å². The van der Waals surface area contributed by atoms with Gasteiger partial charge in [-0.05, 0) is 47.7 Å². The summed E-state index contributed by atoms with van der Waals surface area (Å²) in [5, 5.41) is 5.58. The number of hydrogen-bond acceptors (Lipinski definition) is 6. The van der Waals surface area contributed by atoms with Crippen LogP contribution in [0.25, 0.3) is 0 Å². The number of carbonyl (C=O) groups is 1. The number of nitrogens with one attached hydrogen (secondary N) is 1. The standard InChI is InChI=1S/C26H32FN3O3S/c1-18(2)14-28-26(31)22-17-34-25(29-22)16-30(15-20-5-8-21(27)9-6-20)12-11-19-7-10-23(32-3)24(13-19)33-4/h5-10,13,17-18H,11-12,14-16H2,1-4H3,(H,28,31). The smallest absolute Gasteiger partial charge is 0.270 e. The van der Waals surface area contributed by atoms with Gasteiger partial charge >= 0.3 is 0 Å². The first-order valence-electron chi connectivity index (χ1n) is 11.3. The van der Waals surface area contributed by atoms with Crippen molar-refractivity contribution in [2.24, 2.45) is 5.92 Å². The summed E-state index contributed by atoms with van der Waals surface area (Å²) in [6.07, 6.45) is 0.786. The maximum absolute atomic E-state index is 13.4. The zero-order chi connectivity index (χ0) is 24.5. The lowest BCUT2D eigenvalue weighted by Gasteiger charge is -2.22. The number of thiazole rings is 1. The van der Waals surface area contributed by atoms with Crippen molar-refractivity contribution in [3.8, 4) is 11.5 Å². The van der Waals surface area contributed by atoms with Crippen LogP contribution in [-0.4, -0.2) is 43.1 Å². The van der Waals surface area contributed by atoms with E-state index < -0.39 is 0 Å². The molecule has 0 radical (unpaired) electrons. The van der Waals surface area contributed by atoms with Crippen LogP contribution in [0.5, 0.6) is 11.5 Å². The minimum atomic E-state index is -0.252. The summed E-state index contributed by atoms with van der Waals surface area (Å²) in [5.41, 5.74) is 2.58. The zero-order valence-electron chi connectivity index (χ0n) is 20.1. The molecular formula is C26H32FN3O3S. The average Bonchev–Trinajstić information content (AvgIpc) is 3.30. The van der Waals surface area contributed by atoms with E-state index >= 15 is 0 Å². The van der Waals surface area contributed by atoms with Gasteiger partial charge in [0.15, 0.2) is 11.5 Å². The van der Waals surface area contributed by atoms with Crippen molar-refractivity contribution in [3.05, 3.63) is 75.5 Å². The molecule has 2 aromatic carbocycles. The Morgan fingerprint density at radius 2 is 1.76 bits per heavy atom. The summed E-state index contributed by atoms with van der Waals surface area (Å²) < 4.78 is 24.1. The summed E-state index contributed by atoms with van der Waals surface area (Å²) in [7, 11) is 3.24. The fraction of sp³-hybridized carbons (Fsp3) is 0.385. The van der Waals surface area contributed by atoms with Gasteiger partial charge in [-0.15, -0.1) is 11.3 Å². The molecule has 3 rings (SSSR count). The van der Waals surface area contributed by atoms with Crippen LogP contribution in [0.2, 0.25) is 0 Å². The van der Waals surface area contributed by atoms with Crippen LogP contribution in [0.1, 0.15) is 40.5 Å². The van der Waals surface area contributed by atoms with E-state index in [-0.39, 0.29) is 11.7 Å². The number of halogens is 1. The molecule has 0 atom stereocenters. The lowest BCUT2D eigenvalue weighted by Crippen LogP contribution is -2.28. The van der Waals surface area contributed by atoms with E-state index in [1.165, 1.54) is 23.5 Å².